The van der Waals surface area contributed by atoms with Gasteiger partial charge in [0.15, 0.2) is 0 Å². The van der Waals surface area contributed by atoms with E-state index in [2.05, 4.69) is 17.6 Å². The van der Waals surface area contributed by atoms with Crippen molar-refractivity contribution in [1.29, 1.82) is 0 Å². The predicted octanol–water partition coefficient (Wildman–Crippen LogP) is 3.99. The number of carbonyl (C=O) groups is 3. The summed E-state index contributed by atoms with van der Waals surface area (Å²) in [6.07, 6.45) is 7.36. The number of aryl methyl sites for hydroxylation is 1. The van der Waals surface area contributed by atoms with Crippen molar-refractivity contribution in [3.8, 4) is 5.75 Å². The zero-order valence-corrected chi connectivity index (χ0v) is 23.3. The van der Waals surface area contributed by atoms with E-state index in [1.807, 2.05) is 43.3 Å². The molecule has 2 bridgehead atoms. The number of likely N-dealkylation sites (tertiary alicyclic amines) is 1. The van der Waals surface area contributed by atoms with Crippen LogP contribution in [0.2, 0.25) is 0 Å². The molecule has 3 amide bonds. The minimum absolute atomic E-state index is 0.0581. The Morgan fingerprint density at radius 2 is 1.88 bits per heavy atom. The monoisotopic (exact) mass is 543 g/mol. The summed E-state index contributed by atoms with van der Waals surface area (Å²) in [5, 5.41) is 6.24. The molecule has 40 heavy (non-hydrogen) atoms. The van der Waals surface area contributed by atoms with E-state index in [1.165, 1.54) is 6.42 Å². The van der Waals surface area contributed by atoms with Crippen LogP contribution in [0.3, 0.4) is 0 Å². The number of benzene rings is 2. The number of methoxy groups -OCH3 is 1. The van der Waals surface area contributed by atoms with Gasteiger partial charge in [-0.2, -0.15) is 0 Å². The molecule has 7 atom stereocenters. The SMILES string of the molecule is COc1cccc(NC(=O)[C@H]2[C@H]3C=C[C@@]4(O3)[C@H]2C(=O)N(Cc2ccc(C)cc2)[C@@H]4C(=O)N[C@@H]2CCCC[C@H]2C)c1. The van der Waals surface area contributed by atoms with Crippen molar-refractivity contribution in [1.82, 2.24) is 10.2 Å². The topological polar surface area (TPSA) is 97.0 Å². The van der Waals surface area contributed by atoms with Gasteiger partial charge in [0.2, 0.25) is 17.7 Å². The van der Waals surface area contributed by atoms with Gasteiger partial charge in [-0.05, 0) is 43.4 Å². The number of hydrogen-bond donors (Lipinski definition) is 2. The fourth-order valence-corrected chi connectivity index (χ4v) is 7.05. The third-order valence-electron chi connectivity index (χ3n) is 9.17. The van der Waals surface area contributed by atoms with Gasteiger partial charge in [0.25, 0.3) is 0 Å². The molecular weight excluding hydrogens is 506 g/mol. The second kappa shape index (κ2) is 10.4. The van der Waals surface area contributed by atoms with Gasteiger partial charge in [-0.1, -0.05) is 67.8 Å². The van der Waals surface area contributed by atoms with Crippen LogP contribution < -0.4 is 15.4 Å². The van der Waals surface area contributed by atoms with Crippen molar-refractivity contribution in [2.45, 2.75) is 69.9 Å². The number of rotatable bonds is 7. The van der Waals surface area contributed by atoms with E-state index in [0.29, 0.717) is 17.4 Å². The lowest BCUT2D eigenvalue weighted by atomic mass is 9.74. The number of hydrogen-bond acceptors (Lipinski definition) is 5. The molecule has 210 valence electrons. The van der Waals surface area contributed by atoms with Crippen LogP contribution in [0.15, 0.2) is 60.7 Å². The Kier molecular flexibility index (Phi) is 6.90. The molecule has 3 aliphatic heterocycles. The maximum Gasteiger partial charge on any atom is 0.246 e. The van der Waals surface area contributed by atoms with Gasteiger partial charge < -0.3 is 25.0 Å². The molecule has 2 aromatic carbocycles. The standard InChI is InChI=1S/C32H37N3O5/c1-19-11-13-21(14-12-19)18-35-28(30(37)34-24-10-5-4-7-20(24)2)32-16-15-25(40-32)26(27(32)31(35)38)29(36)33-22-8-6-9-23(17-22)39-3/h6,8-9,11-17,20,24-28H,4-5,7,10,18H2,1-3H3,(H,33,36)(H,34,37)/t20-,24-,25-,26+,27-,28-,32-/m1/s1. The summed E-state index contributed by atoms with van der Waals surface area (Å²) in [6, 6.07) is 14.3. The Labute approximate surface area is 235 Å². The zero-order valence-electron chi connectivity index (χ0n) is 23.3. The Bertz CT molecular complexity index is 1340. The third kappa shape index (κ3) is 4.48. The van der Waals surface area contributed by atoms with E-state index in [-0.39, 0.29) is 30.3 Å². The first-order valence-corrected chi connectivity index (χ1v) is 14.3. The van der Waals surface area contributed by atoms with Crippen molar-refractivity contribution < 1.29 is 23.9 Å². The van der Waals surface area contributed by atoms with Crippen molar-refractivity contribution in [2.24, 2.45) is 17.8 Å². The molecule has 0 unspecified atom stereocenters. The molecule has 0 radical (unpaired) electrons. The van der Waals surface area contributed by atoms with Crippen LogP contribution in [0.25, 0.3) is 0 Å². The van der Waals surface area contributed by atoms with Gasteiger partial charge in [0, 0.05) is 24.3 Å². The average Bonchev–Trinajstić information content (AvgIpc) is 3.59. The molecule has 2 saturated heterocycles. The van der Waals surface area contributed by atoms with Gasteiger partial charge in [-0.15, -0.1) is 0 Å². The van der Waals surface area contributed by atoms with Crippen LogP contribution in [-0.2, 0) is 25.7 Å². The van der Waals surface area contributed by atoms with Crippen molar-refractivity contribution >= 4 is 23.4 Å². The van der Waals surface area contributed by atoms with Crippen molar-refractivity contribution in [3.63, 3.8) is 0 Å². The molecule has 2 N–H and O–H groups in total. The number of nitrogens with zero attached hydrogens (tertiary/aromatic N) is 1. The number of anilines is 1. The maximum absolute atomic E-state index is 14.2. The Balaban J connectivity index is 1.32. The largest absolute Gasteiger partial charge is 0.497 e. The van der Waals surface area contributed by atoms with Gasteiger partial charge >= 0.3 is 0 Å². The number of ether oxygens (including phenoxy) is 2. The summed E-state index contributed by atoms with van der Waals surface area (Å²) in [6.45, 7) is 4.45. The van der Waals surface area contributed by atoms with Crippen LogP contribution in [0, 0.1) is 24.7 Å². The van der Waals surface area contributed by atoms with Crippen LogP contribution in [0.5, 0.6) is 5.75 Å². The smallest absolute Gasteiger partial charge is 0.246 e. The fraction of sp³-hybridized carbons (Fsp3) is 0.469. The Morgan fingerprint density at radius 3 is 2.62 bits per heavy atom. The second-order valence-electron chi connectivity index (χ2n) is 11.8. The number of nitrogens with one attached hydrogen (secondary N) is 2. The molecule has 3 heterocycles. The van der Waals surface area contributed by atoms with Gasteiger partial charge in [0.05, 0.1) is 25.0 Å². The molecule has 2 aromatic rings. The first-order chi connectivity index (χ1) is 19.3. The first-order valence-electron chi connectivity index (χ1n) is 14.3. The Morgan fingerprint density at radius 1 is 1.10 bits per heavy atom. The van der Waals surface area contributed by atoms with Crippen LogP contribution in [0.1, 0.15) is 43.7 Å². The van der Waals surface area contributed by atoms with E-state index in [1.54, 1.807) is 36.3 Å². The van der Waals surface area contributed by atoms with Crippen molar-refractivity contribution in [3.05, 3.63) is 71.8 Å². The molecule has 3 fully saturated rings. The van der Waals surface area contributed by atoms with E-state index >= 15 is 0 Å². The summed E-state index contributed by atoms with van der Waals surface area (Å²) in [7, 11) is 1.57. The minimum atomic E-state index is -1.19. The molecule has 1 spiro atoms. The summed E-state index contributed by atoms with van der Waals surface area (Å²) in [5.41, 5.74) is 1.43. The van der Waals surface area contributed by atoms with E-state index in [9.17, 15) is 14.4 Å². The molecule has 6 rings (SSSR count). The average molecular weight is 544 g/mol. The minimum Gasteiger partial charge on any atom is -0.497 e. The lowest BCUT2D eigenvalue weighted by Crippen LogP contribution is -2.57. The molecule has 8 heteroatoms. The lowest BCUT2D eigenvalue weighted by Gasteiger charge is -2.36. The highest BCUT2D eigenvalue weighted by Crippen LogP contribution is 2.55. The highest BCUT2D eigenvalue weighted by atomic mass is 16.5. The van der Waals surface area contributed by atoms with Crippen molar-refractivity contribution in [2.75, 3.05) is 12.4 Å². The van der Waals surface area contributed by atoms with E-state index in [0.717, 1.165) is 30.4 Å². The summed E-state index contributed by atoms with van der Waals surface area (Å²) >= 11 is 0. The summed E-state index contributed by atoms with van der Waals surface area (Å²) < 4.78 is 11.8. The summed E-state index contributed by atoms with van der Waals surface area (Å²) in [4.78, 5) is 43.6. The summed E-state index contributed by atoms with van der Waals surface area (Å²) in [5.74, 6) is -1.30. The quantitative estimate of drug-likeness (QED) is 0.515. The second-order valence-corrected chi connectivity index (χ2v) is 11.8. The molecule has 1 aliphatic carbocycles. The zero-order chi connectivity index (χ0) is 28.0. The first kappa shape index (κ1) is 26.6. The van der Waals surface area contributed by atoms with Crippen LogP contribution in [-0.4, -0.2) is 53.5 Å². The predicted molar refractivity (Wildman–Crippen MR) is 150 cm³/mol. The molecule has 8 nitrogen and oxygen atoms in total. The fourth-order valence-electron chi connectivity index (χ4n) is 7.05. The highest BCUT2D eigenvalue weighted by Gasteiger charge is 2.72. The lowest BCUT2D eigenvalue weighted by molar-refractivity contribution is -0.142. The normalized spacial score (nSPS) is 32.2. The van der Waals surface area contributed by atoms with Gasteiger partial charge in [-0.3, -0.25) is 14.4 Å². The van der Waals surface area contributed by atoms with E-state index < -0.39 is 29.6 Å². The molecular formula is C32H37N3O5. The molecule has 1 saturated carbocycles. The third-order valence-corrected chi connectivity index (χ3v) is 9.17. The van der Waals surface area contributed by atoms with Gasteiger partial charge in [-0.25, -0.2) is 0 Å². The highest BCUT2D eigenvalue weighted by molar-refractivity contribution is 6.02. The Hall–Kier alpha value is -3.65. The number of fused-ring (bicyclic) bond motifs is 1. The van der Waals surface area contributed by atoms with Crippen LogP contribution in [0.4, 0.5) is 5.69 Å². The molecule has 0 aromatic heterocycles. The maximum atomic E-state index is 14.2. The number of carbonyl (C=O) groups excluding carboxylic acids is 3. The van der Waals surface area contributed by atoms with Gasteiger partial charge in [0.1, 0.15) is 17.4 Å². The number of amides is 3. The van der Waals surface area contributed by atoms with Crippen LogP contribution >= 0.6 is 0 Å². The molecule has 4 aliphatic rings. The van der Waals surface area contributed by atoms with E-state index in [4.69, 9.17) is 9.47 Å².